The molecule has 0 spiro atoms. The molecule has 0 unspecified atom stereocenters. The fourth-order valence-corrected chi connectivity index (χ4v) is 2.01. The van der Waals surface area contributed by atoms with Gasteiger partial charge in [-0.05, 0) is 38.1 Å². The van der Waals surface area contributed by atoms with Crippen LogP contribution >= 0.6 is 15.9 Å². The molecule has 0 saturated carbocycles. The maximum Gasteiger partial charge on any atom is 0.225 e. The lowest BCUT2D eigenvalue weighted by Gasteiger charge is -2.21. The molecule has 1 rings (SSSR count). The lowest BCUT2D eigenvalue weighted by atomic mass is 10.2. The van der Waals surface area contributed by atoms with E-state index in [1.165, 1.54) is 5.69 Å². The summed E-state index contributed by atoms with van der Waals surface area (Å²) >= 11 is 3.25. The molecule has 0 heterocycles. The number of halogens is 1. The second-order valence-electron chi connectivity index (χ2n) is 3.71. The minimum atomic E-state index is 0.0393. The zero-order chi connectivity index (χ0) is 12.7. The van der Waals surface area contributed by atoms with Crippen molar-refractivity contribution < 1.29 is 4.79 Å². The second kappa shape index (κ2) is 7.33. The molecule has 0 fully saturated rings. The van der Waals surface area contributed by atoms with Gasteiger partial charge < -0.3 is 10.2 Å². The number of carbonyl (C=O) groups is 1. The number of alkyl halides is 1. The molecule has 0 saturated heterocycles. The molecule has 0 bridgehead atoms. The van der Waals surface area contributed by atoms with Crippen molar-refractivity contribution in [3.8, 4) is 0 Å². The van der Waals surface area contributed by atoms with Gasteiger partial charge in [-0.25, -0.2) is 0 Å². The molecule has 0 aliphatic heterocycles. The normalized spacial score (nSPS) is 10.1. The predicted octanol–water partition coefficient (Wildman–Crippen LogP) is 3.26. The van der Waals surface area contributed by atoms with Gasteiger partial charge in [0, 0.05) is 36.2 Å². The second-order valence-corrected chi connectivity index (χ2v) is 4.50. The minimum Gasteiger partial charge on any atom is -0.372 e. The topological polar surface area (TPSA) is 32.3 Å². The van der Waals surface area contributed by atoms with Crippen molar-refractivity contribution in [3.63, 3.8) is 0 Å². The van der Waals surface area contributed by atoms with Crippen LogP contribution in [0.4, 0.5) is 11.4 Å². The monoisotopic (exact) mass is 298 g/mol. The average molecular weight is 299 g/mol. The molecule has 0 aliphatic rings. The van der Waals surface area contributed by atoms with Crippen LogP contribution in [0.15, 0.2) is 24.3 Å². The summed E-state index contributed by atoms with van der Waals surface area (Å²) in [5.41, 5.74) is 2.04. The van der Waals surface area contributed by atoms with Gasteiger partial charge in [-0.3, -0.25) is 4.79 Å². The van der Waals surface area contributed by atoms with Crippen LogP contribution < -0.4 is 10.2 Å². The quantitative estimate of drug-likeness (QED) is 0.818. The first-order chi connectivity index (χ1) is 8.21. The third-order valence-electron chi connectivity index (χ3n) is 2.60. The molecule has 4 heteroatoms. The Hall–Kier alpha value is -1.03. The number of amides is 1. The van der Waals surface area contributed by atoms with E-state index in [1.54, 1.807) is 0 Å². The Labute approximate surface area is 111 Å². The summed E-state index contributed by atoms with van der Waals surface area (Å²) in [5, 5.41) is 3.55. The third kappa shape index (κ3) is 4.38. The number of carbonyl (C=O) groups excluding carboxylic acids is 1. The number of nitrogens with zero attached hydrogens (tertiary/aromatic N) is 1. The summed E-state index contributed by atoms with van der Waals surface area (Å²) in [7, 11) is 0. The van der Waals surface area contributed by atoms with Gasteiger partial charge in [0.25, 0.3) is 0 Å². The third-order valence-corrected chi connectivity index (χ3v) is 3.00. The van der Waals surface area contributed by atoms with E-state index in [4.69, 9.17) is 0 Å². The Balaban J connectivity index is 2.64. The first kappa shape index (κ1) is 14.0. The molecule has 0 aliphatic carbocycles. The molecule has 17 heavy (non-hydrogen) atoms. The van der Waals surface area contributed by atoms with E-state index in [9.17, 15) is 4.79 Å². The van der Waals surface area contributed by atoms with Crippen LogP contribution in [0.25, 0.3) is 0 Å². The highest BCUT2D eigenvalue weighted by atomic mass is 79.9. The fourth-order valence-electron chi connectivity index (χ4n) is 1.65. The van der Waals surface area contributed by atoms with Gasteiger partial charge in [0.2, 0.25) is 5.91 Å². The van der Waals surface area contributed by atoms with Crippen molar-refractivity contribution in [2.45, 2.75) is 20.3 Å². The van der Waals surface area contributed by atoms with Crippen LogP contribution in [0.1, 0.15) is 20.3 Å². The Kier molecular flexibility index (Phi) is 6.05. The van der Waals surface area contributed by atoms with Crippen LogP contribution in [0.2, 0.25) is 0 Å². The highest BCUT2D eigenvalue weighted by Crippen LogP contribution is 2.17. The SMILES string of the molecule is CCN(CC)c1ccc(NC(=O)CCBr)cc1. The standard InChI is InChI=1S/C13H19BrN2O/c1-3-16(4-2)12-7-5-11(6-8-12)15-13(17)9-10-14/h5-8H,3-4,9-10H2,1-2H3,(H,15,17). The molecule has 1 amide bonds. The fraction of sp³-hybridized carbons (Fsp3) is 0.462. The highest BCUT2D eigenvalue weighted by molar-refractivity contribution is 9.09. The van der Waals surface area contributed by atoms with Crippen molar-refractivity contribution in [2.24, 2.45) is 0 Å². The number of anilines is 2. The van der Waals surface area contributed by atoms with E-state index in [0.29, 0.717) is 11.8 Å². The van der Waals surface area contributed by atoms with Gasteiger partial charge in [0.05, 0.1) is 0 Å². The van der Waals surface area contributed by atoms with Gasteiger partial charge in [0.1, 0.15) is 0 Å². The average Bonchev–Trinajstić information content (AvgIpc) is 2.33. The van der Waals surface area contributed by atoms with Crippen molar-refractivity contribution in [3.05, 3.63) is 24.3 Å². The van der Waals surface area contributed by atoms with E-state index >= 15 is 0 Å². The van der Waals surface area contributed by atoms with Crippen LogP contribution in [-0.2, 0) is 4.79 Å². The van der Waals surface area contributed by atoms with Gasteiger partial charge in [0.15, 0.2) is 0 Å². The first-order valence-electron chi connectivity index (χ1n) is 5.92. The van der Waals surface area contributed by atoms with Crippen LogP contribution in [0.5, 0.6) is 0 Å². The molecule has 0 atom stereocenters. The van der Waals surface area contributed by atoms with E-state index in [2.05, 4.69) is 40.0 Å². The van der Waals surface area contributed by atoms with Crippen molar-refractivity contribution >= 4 is 33.2 Å². The molecule has 0 aromatic heterocycles. The Bertz CT molecular complexity index is 347. The lowest BCUT2D eigenvalue weighted by Crippen LogP contribution is -2.21. The number of hydrogen-bond acceptors (Lipinski definition) is 2. The number of rotatable bonds is 6. The molecular weight excluding hydrogens is 280 g/mol. The van der Waals surface area contributed by atoms with Crippen LogP contribution in [0.3, 0.4) is 0 Å². The molecule has 3 nitrogen and oxygen atoms in total. The number of nitrogens with one attached hydrogen (secondary N) is 1. The highest BCUT2D eigenvalue weighted by Gasteiger charge is 2.03. The molecule has 1 aromatic rings. The van der Waals surface area contributed by atoms with Gasteiger partial charge in [-0.2, -0.15) is 0 Å². The zero-order valence-electron chi connectivity index (χ0n) is 10.4. The van der Waals surface area contributed by atoms with E-state index < -0.39 is 0 Å². The van der Waals surface area contributed by atoms with Gasteiger partial charge in [-0.15, -0.1) is 0 Å². The van der Waals surface area contributed by atoms with E-state index in [1.807, 2.05) is 24.3 Å². The summed E-state index contributed by atoms with van der Waals surface area (Å²) in [5.74, 6) is 0.0393. The van der Waals surface area contributed by atoms with Crippen molar-refractivity contribution in [2.75, 3.05) is 28.6 Å². The van der Waals surface area contributed by atoms with Gasteiger partial charge >= 0.3 is 0 Å². The Morgan fingerprint density at radius 3 is 2.29 bits per heavy atom. The van der Waals surface area contributed by atoms with Crippen molar-refractivity contribution in [1.82, 2.24) is 0 Å². The molecule has 1 N–H and O–H groups in total. The van der Waals surface area contributed by atoms with E-state index in [-0.39, 0.29) is 5.91 Å². The maximum absolute atomic E-state index is 11.4. The summed E-state index contributed by atoms with van der Waals surface area (Å²) in [6.07, 6.45) is 0.498. The van der Waals surface area contributed by atoms with Crippen molar-refractivity contribution in [1.29, 1.82) is 0 Å². The van der Waals surface area contributed by atoms with Crippen LogP contribution in [-0.4, -0.2) is 24.3 Å². The minimum absolute atomic E-state index is 0.0393. The number of hydrogen-bond donors (Lipinski definition) is 1. The summed E-state index contributed by atoms with van der Waals surface area (Å²) in [6, 6.07) is 7.97. The molecular formula is C13H19BrN2O. The molecule has 1 aromatic carbocycles. The Morgan fingerprint density at radius 1 is 1.24 bits per heavy atom. The summed E-state index contributed by atoms with van der Waals surface area (Å²) in [6.45, 7) is 6.25. The molecule has 0 radical (unpaired) electrons. The molecule has 94 valence electrons. The van der Waals surface area contributed by atoms with E-state index in [0.717, 1.165) is 18.8 Å². The largest absolute Gasteiger partial charge is 0.372 e. The lowest BCUT2D eigenvalue weighted by molar-refractivity contribution is -0.115. The summed E-state index contributed by atoms with van der Waals surface area (Å²) < 4.78 is 0. The zero-order valence-corrected chi connectivity index (χ0v) is 12.0. The van der Waals surface area contributed by atoms with Gasteiger partial charge in [-0.1, -0.05) is 15.9 Å². The predicted molar refractivity (Wildman–Crippen MR) is 77.0 cm³/mol. The number of benzene rings is 1. The maximum atomic E-state index is 11.4. The smallest absolute Gasteiger partial charge is 0.225 e. The Morgan fingerprint density at radius 2 is 1.82 bits per heavy atom. The van der Waals surface area contributed by atoms with Crippen LogP contribution in [0, 0.1) is 0 Å². The summed E-state index contributed by atoms with van der Waals surface area (Å²) in [4.78, 5) is 13.7. The first-order valence-corrected chi connectivity index (χ1v) is 7.04.